The first-order valence-corrected chi connectivity index (χ1v) is 12.1. The van der Waals surface area contributed by atoms with Crippen LogP contribution in [0.15, 0.2) is 96.6 Å². The van der Waals surface area contributed by atoms with Gasteiger partial charge in [0.2, 0.25) is 0 Å². The second kappa shape index (κ2) is 8.08. The van der Waals surface area contributed by atoms with Gasteiger partial charge in [-0.1, -0.05) is 48.5 Å². The van der Waals surface area contributed by atoms with Crippen LogP contribution in [0.3, 0.4) is 0 Å². The van der Waals surface area contributed by atoms with Gasteiger partial charge in [-0.25, -0.2) is 17.6 Å². The van der Waals surface area contributed by atoms with Crippen LogP contribution >= 0.6 is 22.7 Å². The van der Waals surface area contributed by atoms with Crippen LogP contribution < -0.4 is 0 Å². The summed E-state index contributed by atoms with van der Waals surface area (Å²) in [5.74, 6) is -6.59. The topological polar surface area (TPSA) is 0 Å². The van der Waals surface area contributed by atoms with E-state index in [0.717, 1.165) is 40.3 Å². The average molecular weight is 491 g/mol. The van der Waals surface area contributed by atoms with Gasteiger partial charge in [-0.3, -0.25) is 0 Å². The van der Waals surface area contributed by atoms with Gasteiger partial charge in [-0.2, -0.15) is 0 Å². The van der Waals surface area contributed by atoms with Crippen LogP contribution in [-0.4, -0.2) is 0 Å². The third-order valence-electron chi connectivity index (χ3n) is 5.84. The molecule has 0 amide bonds. The van der Waals surface area contributed by atoms with Gasteiger partial charge in [0, 0.05) is 51.5 Å². The molecule has 0 aliphatic carbocycles. The molecule has 6 rings (SSSR count). The Morgan fingerprint density at radius 2 is 0.824 bits per heavy atom. The molecule has 6 heteroatoms. The van der Waals surface area contributed by atoms with Gasteiger partial charge in [0.25, 0.3) is 0 Å². The third kappa shape index (κ3) is 3.33. The zero-order valence-electron chi connectivity index (χ0n) is 17.4. The van der Waals surface area contributed by atoms with Crippen molar-refractivity contribution in [2.24, 2.45) is 0 Å². The monoisotopic (exact) mass is 490 g/mol. The molecule has 0 aliphatic heterocycles. The highest BCUT2D eigenvalue weighted by Gasteiger charge is 2.21. The largest absolute Gasteiger partial charge is 0.203 e. The van der Waals surface area contributed by atoms with Crippen molar-refractivity contribution in [2.75, 3.05) is 0 Å². The minimum absolute atomic E-state index is 0.143. The number of allylic oxidation sites excluding steroid dienone is 2. The Morgan fingerprint density at radius 1 is 0.441 bits per heavy atom. The van der Waals surface area contributed by atoms with E-state index in [1.165, 1.54) is 46.9 Å². The molecule has 0 aliphatic rings. The molecule has 0 nitrogen and oxygen atoms in total. The lowest BCUT2D eigenvalue weighted by Gasteiger charge is -2.04. The van der Waals surface area contributed by atoms with E-state index in [1.807, 2.05) is 48.5 Å². The molecule has 0 atom stereocenters. The molecule has 166 valence electrons. The molecule has 0 N–H and O–H groups in total. The van der Waals surface area contributed by atoms with Gasteiger partial charge in [0.15, 0.2) is 23.3 Å². The minimum atomic E-state index is -1.85. The van der Waals surface area contributed by atoms with Crippen LogP contribution in [0.4, 0.5) is 17.6 Å². The van der Waals surface area contributed by atoms with E-state index in [4.69, 9.17) is 0 Å². The van der Waals surface area contributed by atoms with Gasteiger partial charge in [-0.05, 0) is 36.4 Å². The molecule has 6 aromatic rings. The lowest BCUT2D eigenvalue weighted by Crippen LogP contribution is -1.88. The standard InChI is InChI=1S/C28H14F4S2/c29-25(15-9-11-23-19(13-15)17-5-1-3-7-21(17)33-23)27(31)28(32)26(30)16-10-12-24-20(14-16)18-6-2-4-8-22(18)34-24/h1-14H/b27-25+,28-26+. The number of benzene rings is 4. The van der Waals surface area contributed by atoms with E-state index in [-0.39, 0.29) is 11.1 Å². The Hall–Kier alpha value is -3.48. The van der Waals surface area contributed by atoms with Crippen molar-refractivity contribution in [3.8, 4) is 0 Å². The molecule has 2 aromatic heterocycles. The van der Waals surface area contributed by atoms with Crippen LogP contribution in [0.2, 0.25) is 0 Å². The molecule has 0 unspecified atom stereocenters. The highest BCUT2D eigenvalue weighted by molar-refractivity contribution is 7.26. The second-order valence-corrected chi connectivity index (χ2v) is 10.0. The van der Waals surface area contributed by atoms with E-state index in [1.54, 1.807) is 12.1 Å². The average Bonchev–Trinajstić information content (AvgIpc) is 3.44. The Morgan fingerprint density at radius 3 is 1.26 bits per heavy atom. The number of rotatable bonds is 3. The lowest BCUT2D eigenvalue weighted by molar-refractivity contribution is 0.519. The molecule has 2 heterocycles. The Balaban J connectivity index is 1.45. The zero-order valence-corrected chi connectivity index (χ0v) is 19.0. The molecular formula is C28H14F4S2. The van der Waals surface area contributed by atoms with Crippen molar-refractivity contribution in [1.82, 2.24) is 0 Å². The van der Waals surface area contributed by atoms with E-state index in [9.17, 15) is 17.6 Å². The molecule has 0 spiro atoms. The van der Waals surface area contributed by atoms with Crippen molar-refractivity contribution >= 4 is 74.7 Å². The maximum atomic E-state index is 15.0. The van der Waals surface area contributed by atoms with Crippen molar-refractivity contribution in [3.63, 3.8) is 0 Å². The maximum Gasteiger partial charge on any atom is 0.198 e. The summed E-state index contributed by atoms with van der Waals surface area (Å²) in [6.45, 7) is 0. The molecule has 34 heavy (non-hydrogen) atoms. The van der Waals surface area contributed by atoms with E-state index >= 15 is 0 Å². The summed E-state index contributed by atoms with van der Waals surface area (Å²) >= 11 is 3.05. The first-order valence-electron chi connectivity index (χ1n) is 10.5. The van der Waals surface area contributed by atoms with E-state index in [0.29, 0.717) is 0 Å². The highest BCUT2D eigenvalue weighted by atomic mass is 32.1. The van der Waals surface area contributed by atoms with Crippen LogP contribution in [0.25, 0.3) is 52.0 Å². The fraction of sp³-hybridized carbons (Fsp3) is 0. The lowest BCUT2D eigenvalue weighted by atomic mass is 10.1. The van der Waals surface area contributed by atoms with Gasteiger partial charge in [0.1, 0.15) is 0 Å². The molecule has 0 radical (unpaired) electrons. The molecular weight excluding hydrogens is 476 g/mol. The number of thiophene rings is 2. The predicted molar refractivity (Wildman–Crippen MR) is 137 cm³/mol. The fourth-order valence-corrected chi connectivity index (χ4v) is 6.34. The fourth-order valence-electron chi connectivity index (χ4n) is 4.17. The number of fused-ring (bicyclic) bond motifs is 6. The van der Waals surface area contributed by atoms with Gasteiger partial charge in [0.05, 0.1) is 0 Å². The SMILES string of the molecule is FC(/C(F)=C(\F)c1ccc2sc3ccccc3c2c1)=C(/F)c1ccc2sc3ccccc3c2c1. The summed E-state index contributed by atoms with van der Waals surface area (Å²) in [6, 6.07) is 24.2. The Bertz CT molecular complexity index is 1670. The van der Waals surface area contributed by atoms with Gasteiger partial charge in [-0.15, -0.1) is 22.7 Å². The Kier molecular flexibility index (Phi) is 5.01. The normalized spacial score (nSPS) is 13.6. The van der Waals surface area contributed by atoms with Crippen molar-refractivity contribution in [1.29, 1.82) is 0 Å². The minimum Gasteiger partial charge on any atom is -0.203 e. The predicted octanol–water partition coefficient (Wildman–Crippen LogP) is 10.3. The van der Waals surface area contributed by atoms with E-state index in [2.05, 4.69) is 0 Å². The molecule has 0 saturated heterocycles. The van der Waals surface area contributed by atoms with Gasteiger partial charge >= 0.3 is 0 Å². The summed E-state index contributed by atoms with van der Waals surface area (Å²) in [5.41, 5.74) is -0.286. The summed E-state index contributed by atoms with van der Waals surface area (Å²) in [4.78, 5) is 0. The van der Waals surface area contributed by atoms with Crippen LogP contribution in [0.1, 0.15) is 11.1 Å². The zero-order chi connectivity index (χ0) is 23.4. The maximum absolute atomic E-state index is 15.0. The number of halogens is 4. The van der Waals surface area contributed by atoms with Crippen molar-refractivity contribution in [3.05, 3.63) is 108 Å². The molecule has 0 fully saturated rings. The van der Waals surface area contributed by atoms with Crippen LogP contribution in [0, 0.1) is 0 Å². The quantitative estimate of drug-likeness (QED) is 0.171. The summed E-state index contributed by atoms with van der Waals surface area (Å²) in [5, 5.41) is 3.27. The molecule has 4 aromatic carbocycles. The molecule has 0 saturated carbocycles. The first-order chi connectivity index (χ1) is 16.5. The van der Waals surface area contributed by atoms with Crippen molar-refractivity contribution < 1.29 is 17.6 Å². The van der Waals surface area contributed by atoms with Gasteiger partial charge < -0.3 is 0 Å². The highest BCUT2D eigenvalue weighted by Crippen LogP contribution is 2.39. The van der Waals surface area contributed by atoms with Crippen LogP contribution in [-0.2, 0) is 0 Å². The number of hydrogen-bond donors (Lipinski definition) is 0. The summed E-state index contributed by atoms with van der Waals surface area (Å²) in [7, 11) is 0. The first kappa shape index (κ1) is 21.1. The van der Waals surface area contributed by atoms with E-state index < -0.39 is 23.3 Å². The Labute approximate surface area is 199 Å². The second-order valence-electron chi connectivity index (χ2n) is 7.87. The third-order valence-corrected chi connectivity index (χ3v) is 8.14. The smallest absolute Gasteiger partial charge is 0.198 e. The summed E-state index contributed by atoms with van der Waals surface area (Å²) < 4.78 is 63.3. The number of hydrogen-bond acceptors (Lipinski definition) is 2. The summed E-state index contributed by atoms with van der Waals surface area (Å²) in [6.07, 6.45) is 0. The molecule has 0 bridgehead atoms. The van der Waals surface area contributed by atoms with Crippen LogP contribution in [0.5, 0.6) is 0 Å². The van der Waals surface area contributed by atoms with Crippen molar-refractivity contribution in [2.45, 2.75) is 0 Å².